The summed E-state index contributed by atoms with van der Waals surface area (Å²) in [6.45, 7) is 9.57. The fourth-order valence-electron chi connectivity index (χ4n) is 0.904. The predicted octanol–water partition coefficient (Wildman–Crippen LogP) is 2.08. The third-order valence-corrected chi connectivity index (χ3v) is 1.48. The van der Waals surface area contributed by atoms with Crippen molar-refractivity contribution in [2.45, 2.75) is 20.8 Å². The van der Waals surface area contributed by atoms with Gasteiger partial charge in [-0.05, 0) is 27.5 Å². The fourth-order valence-corrected chi connectivity index (χ4v) is 0.904. The summed E-state index contributed by atoms with van der Waals surface area (Å²) in [7, 11) is 0. The molecule has 0 spiro atoms. The lowest BCUT2D eigenvalue weighted by atomic mass is 10.3. The van der Waals surface area contributed by atoms with E-state index in [1.165, 1.54) is 6.21 Å². The molecule has 88 valence electrons. The zero-order valence-corrected chi connectivity index (χ0v) is 9.95. The molecular weight excluding hydrogens is 204 g/mol. The highest BCUT2D eigenvalue weighted by Gasteiger charge is 1.95. The average Bonchev–Trinajstić information content (AvgIpc) is 2.25. The Bertz CT molecular complexity index is 329. The lowest BCUT2D eigenvalue weighted by molar-refractivity contribution is 0.232. The number of nitrogens with one attached hydrogen (secondary N) is 2. The molecule has 0 saturated carbocycles. The zero-order chi connectivity index (χ0) is 12.4. The minimum absolute atomic E-state index is 0.271. The molecule has 0 rings (SSSR count). The summed E-state index contributed by atoms with van der Waals surface area (Å²) in [5, 5.41) is 14.2. The van der Waals surface area contributed by atoms with Crippen molar-refractivity contribution in [2.75, 3.05) is 6.54 Å². The number of rotatable bonds is 7. The van der Waals surface area contributed by atoms with Crippen LogP contribution in [0, 0.1) is 5.41 Å². The molecule has 0 heterocycles. The van der Waals surface area contributed by atoms with Crippen LogP contribution in [0.3, 0.4) is 0 Å². The van der Waals surface area contributed by atoms with Crippen LogP contribution < -0.4 is 5.32 Å². The molecule has 2 N–H and O–H groups in total. The molecular formula is C11H18N4O. The highest BCUT2D eigenvalue weighted by atomic mass is 16.6. The number of allylic oxidation sites excluding steroid dienone is 3. The maximum atomic E-state index is 7.65. The van der Waals surface area contributed by atoms with Crippen LogP contribution in [-0.2, 0) is 4.84 Å². The van der Waals surface area contributed by atoms with E-state index in [1.807, 2.05) is 6.92 Å². The Balaban J connectivity index is 4.49. The number of aliphatic imine (C=N–C) groups is 1. The van der Waals surface area contributed by atoms with Crippen LogP contribution in [0.1, 0.15) is 20.8 Å². The van der Waals surface area contributed by atoms with Crippen LogP contribution in [0.4, 0.5) is 0 Å². The minimum Gasteiger partial charge on any atom is -0.370 e. The Morgan fingerprint density at radius 2 is 2.19 bits per heavy atom. The average molecular weight is 222 g/mol. The summed E-state index contributed by atoms with van der Waals surface area (Å²) >= 11 is 0. The topological polar surface area (TPSA) is 69.8 Å². The van der Waals surface area contributed by atoms with E-state index in [9.17, 15) is 0 Å². The monoisotopic (exact) mass is 222 g/mol. The first-order valence-corrected chi connectivity index (χ1v) is 4.98. The van der Waals surface area contributed by atoms with Crippen LogP contribution in [0.5, 0.6) is 0 Å². The SMILES string of the molecule is C=N/C(=C\C(=N)/C=C(\C)O/N=C/C)NCC. The molecule has 0 aromatic heterocycles. The van der Waals surface area contributed by atoms with Crippen molar-refractivity contribution >= 4 is 18.6 Å². The normalized spacial score (nSPS) is 12.7. The van der Waals surface area contributed by atoms with Crippen molar-refractivity contribution in [3.8, 4) is 0 Å². The van der Waals surface area contributed by atoms with Crippen molar-refractivity contribution in [1.29, 1.82) is 5.41 Å². The minimum atomic E-state index is 0.271. The standard InChI is InChI=1S/C11H18N4O/c1-5-14-11(13-4)8-10(12)7-9(3)16-15-6-2/h6-8,12,14H,4-5H2,1-3H3/b9-7+,11-8+,12-10?,15-6+. The van der Waals surface area contributed by atoms with E-state index in [0.717, 1.165) is 6.54 Å². The molecule has 5 nitrogen and oxygen atoms in total. The van der Waals surface area contributed by atoms with E-state index in [4.69, 9.17) is 10.2 Å². The summed E-state index contributed by atoms with van der Waals surface area (Å²) in [6.07, 6.45) is 4.65. The number of hydrogen-bond acceptors (Lipinski definition) is 5. The maximum absolute atomic E-state index is 7.65. The highest BCUT2D eigenvalue weighted by molar-refractivity contribution is 6.02. The van der Waals surface area contributed by atoms with Crippen LogP contribution in [0.15, 0.2) is 33.9 Å². The van der Waals surface area contributed by atoms with Crippen LogP contribution >= 0.6 is 0 Å². The molecule has 0 saturated heterocycles. The van der Waals surface area contributed by atoms with Gasteiger partial charge in [0.05, 0.1) is 5.71 Å². The van der Waals surface area contributed by atoms with Crippen molar-refractivity contribution in [3.05, 3.63) is 23.7 Å². The summed E-state index contributed by atoms with van der Waals surface area (Å²) in [6, 6.07) is 0. The molecule has 0 atom stereocenters. The van der Waals surface area contributed by atoms with Crippen molar-refractivity contribution in [2.24, 2.45) is 10.1 Å². The quantitative estimate of drug-likeness (QED) is 0.393. The Morgan fingerprint density at radius 3 is 2.69 bits per heavy atom. The van der Waals surface area contributed by atoms with Gasteiger partial charge in [0.1, 0.15) is 11.6 Å². The molecule has 0 amide bonds. The van der Waals surface area contributed by atoms with Gasteiger partial charge in [0.25, 0.3) is 0 Å². The molecule has 16 heavy (non-hydrogen) atoms. The lowest BCUT2D eigenvalue weighted by Crippen LogP contribution is -2.11. The first-order valence-electron chi connectivity index (χ1n) is 4.98. The van der Waals surface area contributed by atoms with Gasteiger partial charge in [-0.1, -0.05) is 5.16 Å². The van der Waals surface area contributed by atoms with Gasteiger partial charge in [0, 0.05) is 24.9 Å². The fraction of sp³-hybridized carbons (Fsp3) is 0.364. The van der Waals surface area contributed by atoms with Gasteiger partial charge in [0.2, 0.25) is 0 Å². The van der Waals surface area contributed by atoms with Gasteiger partial charge in [-0.25, -0.2) is 4.99 Å². The molecule has 0 fully saturated rings. The zero-order valence-electron chi connectivity index (χ0n) is 9.95. The first kappa shape index (κ1) is 14.1. The van der Waals surface area contributed by atoms with E-state index in [2.05, 4.69) is 22.2 Å². The molecule has 0 aliphatic carbocycles. The van der Waals surface area contributed by atoms with E-state index in [0.29, 0.717) is 11.6 Å². The van der Waals surface area contributed by atoms with Gasteiger partial charge in [-0.15, -0.1) is 0 Å². The van der Waals surface area contributed by atoms with Crippen LogP contribution in [0.25, 0.3) is 0 Å². The second kappa shape index (κ2) is 8.40. The van der Waals surface area contributed by atoms with E-state index in [1.54, 1.807) is 26.0 Å². The van der Waals surface area contributed by atoms with E-state index < -0.39 is 0 Å². The maximum Gasteiger partial charge on any atom is 0.134 e. The molecule has 5 heteroatoms. The summed E-state index contributed by atoms with van der Waals surface area (Å²) < 4.78 is 0. The lowest BCUT2D eigenvalue weighted by Gasteiger charge is -2.02. The van der Waals surface area contributed by atoms with Crippen LogP contribution in [0.2, 0.25) is 0 Å². The predicted molar refractivity (Wildman–Crippen MR) is 68.0 cm³/mol. The number of oxime groups is 1. The summed E-state index contributed by atoms with van der Waals surface area (Å²) in [4.78, 5) is 8.68. The van der Waals surface area contributed by atoms with Crippen molar-refractivity contribution in [1.82, 2.24) is 5.32 Å². The van der Waals surface area contributed by atoms with E-state index >= 15 is 0 Å². The first-order chi connectivity index (χ1) is 7.63. The van der Waals surface area contributed by atoms with Crippen molar-refractivity contribution < 1.29 is 4.84 Å². The molecule has 0 aromatic carbocycles. The molecule has 0 radical (unpaired) electrons. The molecule has 0 aromatic rings. The Labute approximate surface area is 96.1 Å². The summed E-state index contributed by atoms with van der Waals surface area (Å²) in [5.74, 6) is 1.11. The number of nitrogens with zero attached hydrogens (tertiary/aromatic N) is 2. The molecule has 0 unspecified atom stereocenters. The molecule has 0 aliphatic heterocycles. The number of hydrogen-bond donors (Lipinski definition) is 2. The largest absolute Gasteiger partial charge is 0.370 e. The Kier molecular flexibility index (Phi) is 7.40. The van der Waals surface area contributed by atoms with E-state index in [-0.39, 0.29) is 5.71 Å². The third kappa shape index (κ3) is 6.53. The third-order valence-electron chi connectivity index (χ3n) is 1.48. The Hall–Kier alpha value is -1.91. The highest BCUT2D eigenvalue weighted by Crippen LogP contribution is 1.99. The van der Waals surface area contributed by atoms with Gasteiger partial charge in [-0.2, -0.15) is 0 Å². The van der Waals surface area contributed by atoms with Crippen molar-refractivity contribution in [3.63, 3.8) is 0 Å². The smallest absolute Gasteiger partial charge is 0.134 e. The van der Waals surface area contributed by atoms with Gasteiger partial charge < -0.3 is 15.6 Å². The summed E-state index contributed by atoms with van der Waals surface area (Å²) in [5.41, 5.74) is 0.271. The van der Waals surface area contributed by atoms with Gasteiger partial charge >= 0.3 is 0 Å². The van der Waals surface area contributed by atoms with Crippen LogP contribution in [-0.4, -0.2) is 25.2 Å². The van der Waals surface area contributed by atoms with Gasteiger partial charge in [-0.3, -0.25) is 0 Å². The Morgan fingerprint density at radius 1 is 1.50 bits per heavy atom. The molecule has 0 aliphatic rings. The second-order valence-electron chi connectivity index (χ2n) is 2.88. The second-order valence-corrected chi connectivity index (χ2v) is 2.88. The molecule has 0 bridgehead atoms. The van der Waals surface area contributed by atoms with Gasteiger partial charge in [0.15, 0.2) is 0 Å².